The van der Waals surface area contributed by atoms with Crippen molar-refractivity contribution < 1.29 is 9.53 Å². The Morgan fingerprint density at radius 1 is 1.30 bits per heavy atom. The lowest BCUT2D eigenvalue weighted by Crippen LogP contribution is -2.25. The van der Waals surface area contributed by atoms with E-state index in [2.05, 4.69) is 18.7 Å². The molecule has 0 aromatic heterocycles. The molecule has 0 radical (unpaired) electrons. The Labute approximate surface area is 125 Å². The summed E-state index contributed by atoms with van der Waals surface area (Å²) in [4.78, 5) is 15.2. The number of ether oxygens (including phenoxy) is 1. The van der Waals surface area contributed by atoms with Crippen LogP contribution in [0, 0.1) is 0 Å². The minimum atomic E-state index is -0.351. The quantitative estimate of drug-likeness (QED) is 0.454. The predicted octanol–water partition coefficient (Wildman–Crippen LogP) is 2.88. The molecule has 20 heavy (non-hydrogen) atoms. The van der Waals surface area contributed by atoms with E-state index in [-0.39, 0.29) is 5.97 Å². The zero-order chi connectivity index (χ0) is 15.0. The number of nitrogen functional groups attached to an aromatic ring is 1. The van der Waals surface area contributed by atoms with Gasteiger partial charge in [0.1, 0.15) is 0 Å². The fraction of sp³-hybridized carbons (Fsp3) is 0.533. The highest BCUT2D eigenvalue weighted by atomic mass is 32.2. The van der Waals surface area contributed by atoms with Gasteiger partial charge in [-0.25, -0.2) is 4.79 Å². The molecule has 0 saturated carbocycles. The van der Waals surface area contributed by atoms with Gasteiger partial charge in [-0.3, -0.25) is 0 Å². The lowest BCUT2D eigenvalue weighted by Gasteiger charge is -2.17. The molecule has 0 saturated heterocycles. The van der Waals surface area contributed by atoms with Crippen molar-refractivity contribution in [2.75, 3.05) is 37.7 Å². The first-order valence-corrected chi connectivity index (χ1v) is 8.02. The number of nitrogens with two attached hydrogens (primary N) is 1. The largest absolute Gasteiger partial charge is 0.462 e. The number of hydrogen-bond donors (Lipinski definition) is 1. The van der Waals surface area contributed by atoms with Crippen LogP contribution in [0.4, 0.5) is 5.69 Å². The summed E-state index contributed by atoms with van der Waals surface area (Å²) in [6.45, 7) is 9.64. The Kier molecular flexibility index (Phi) is 7.47. The molecular formula is C15H24N2O2S. The fourth-order valence-electron chi connectivity index (χ4n) is 1.84. The fourth-order valence-corrected chi connectivity index (χ4v) is 2.79. The van der Waals surface area contributed by atoms with Crippen molar-refractivity contribution in [1.29, 1.82) is 0 Å². The number of benzene rings is 1. The van der Waals surface area contributed by atoms with Crippen LogP contribution < -0.4 is 5.73 Å². The molecule has 0 atom stereocenters. The van der Waals surface area contributed by atoms with Gasteiger partial charge >= 0.3 is 5.97 Å². The van der Waals surface area contributed by atoms with Crippen LogP contribution in [0.25, 0.3) is 0 Å². The SMILES string of the molecule is CCOC(=O)c1cc(SCCN(CC)CC)ccc1N. The van der Waals surface area contributed by atoms with Gasteiger partial charge in [-0.2, -0.15) is 0 Å². The number of thioether (sulfide) groups is 1. The van der Waals surface area contributed by atoms with Crippen LogP contribution in [0.5, 0.6) is 0 Å². The Bertz CT molecular complexity index is 434. The molecule has 1 rings (SSSR count). The number of anilines is 1. The van der Waals surface area contributed by atoms with E-state index < -0.39 is 0 Å². The van der Waals surface area contributed by atoms with Gasteiger partial charge in [0, 0.05) is 22.9 Å². The first-order chi connectivity index (χ1) is 9.62. The summed E-state index contributed by atoms with van der Waals surface area (Å²) in [7, 11) is 0. The van der Waals surface area contributed by atoms with Gasteiger partial charge in [-0.05, 0) is 38.2 Å². The van der Waals surface area contributed by atoms with Crippen LogP contribution in [0.15, 0.2) is 23.1 Å². The minimum Gasteiger partial charge on any atom is -0.462 e. The first-order valence-electron chi connectivity index (χ1n) is 7.04. The molecule has 0 bridgehead atoms. The number of carbonyl (C=O) groups is 1. The molecular weight excluding hydrogens is 272 g/mol. The number of carbonyl (C=O) groups excluding carboxylic acids is 1. The van der Waals surface area contributed by atoms with Gasteiger partial charge in [-0.1, -0.05) is 13.8 Å². The predicted molar refractivity (Wildman–Crippen MR) is 85.3 cm³/mol. The molecule has 5 heteroatoms. The van der Waals surface area contributed by atoms with Crippen molar-refractivity contribution >= 4 is 23.4 Å². The van der Waals surface area contributed by atoms with Crippen molar-refractivity contribution in [3.8, 4) is 0 Å². The molecule has 1 aromatic rings. The Balaban J connectivity index is 2.63. The van der Waals surface area contributed by atoms with E-state index >= 15 is 0 Å². The molecule has 0 amide bonds. The molecule has 0 heterocycles. The van der Waals surface area contributed by atoms with Crippen molar-refractivity contribution in [2.45, 2.75) is 25.7 Å². The molecule has 2 N–H and O–H groups in total. The van der Waals surface area contributed by atoms with Crippen molar-refractivity contribution in [3.63, 3.8) is 0 Å². The molecule has 4 nitrogen and oxygen atoms in total. The summed E-state index contributed by atoms with van der Waals surface area (Å²) in [5.74, 6) is 0.643. The number of hydrogen-bond acceptors (Lipinski definition) is 5. The smallest absolute Gasteiger partial charge is 0.340 e. The van der Waals surface area contributed by atoms with E-state index in [1.54, 1.807) is 24.8 Å². The molecule has 1 aromatic carbocycles. The van der Waals surface area contributed by atoms with E-state index in [1.807, 2.05) is 12.1 Å². The Morgan fingerprint density at radius 2 is 2.00 bits per heavy atom. The zero-order valence-electron chi connectivity index (χ0n) is 12.5. The zero-order valence-corrected chi connectivity index (χ0v) is 13.3. The van der Waals surface area contributed by atoms with Crippen LogP contribution in [0.2, 0.25) is 0 Å². The highest BCUT2D eigenvalue weighted by Gasteiger charge is 2.11. The van der Waals surface area contributed by atoms with Gasteiger partial charge in [-0.15, -0.1) is 11.8 Å². The Morgan fingerprint density at radius 3 is 2.60 bits per heavy atom. The summed E-state index contributed by atoms with van der Waals surface area (Å²) >= 11 is 1.73. The van der Waals surface area contributed by atoms with E-state index in [4.69, 9.17) is 10.5 Å². The second-order valence-corrected chi connectivity index (χ2v) is 5.51. The third-order valence-corrected chi connectivity index (χ3v) is 4.06. The molecule has 0 aliphatic rings. The second kappa shape index (κ2) is 8.87. The lowest BCUT2D eigenvalue weighted by atomic mass is 10.2. The van der Waals surface area contributed by atoms with Crippen LogP contribution >= 0.6 is 11.8 Å². The van der Waals surface area contributed by atoms with Gasteiger partial charge in [0.05, 0.1) is 12.2 Å². The number of nitrogens with zero attached hydrogens (tertiary/aromatic N) is 1. The average Bonchev–Trinajstić information content (AvgIpc) is 2.45. The van der Waals surface area contributed by atoms with Crippen LogP contribution in [0.1, 0.15) is 31.1 Å². The first kappa shape index (κ1) is 16.9. The van der Waals surface area contributed by atoms with Gasteiger partial charge < -0.3 is 15.4 Å². The van der Waals surface area contributed by atoms with Crippen molar-refractivity contribution in [1.82, 2.24) is 4.90 Å². The third kappa shape index (κ3) is 5.06. The van der Waals surface area contributed by atoms with Crippen LogP contribution in [-0.2, 0) is 4.74 Å². The van der Waals surface area contributed by atoms with Crippen LogP contribution in [-0.4, -0.2) is 42.9 Å². The molecule has 0 unspecified atom stereocenters. The van der Waals surface area contributed by atoms with Crippen molar-refractivity contribution in [2.24, 2.45) is 0 Å². The number of esters is 1. The van der Waals surface area contributed by atoms with E-state index in [9.17, 15) is 4.79 Å². The normalized spacial score (nSPS) is 10.8. The van der Waals surface area contributed by atoms with Gasteiger partial charge in [0.15, 0.2) is 0 Å². The molecule has 112 valence electrons. The average molecular weight is 296 g/mol. The summed E-state index contributed by atoms with van der Waals surface area (Å²) in [6.07, 6.45) is 0. The summed E-state index contributed by atoms with van der Waals surface area (Å²) in [6, 6.07) is 5.54. The minimum absolute atomic E-state index is 0.351. The summed E-state index contributed by atoms with van der Waals surface area (Å²) in [5.41, 5.74) is 6.75. The third-order valence-electron chi connectivity index (χ3n) is 3.09. The van der Waals surface area contributed by atoms with Crippen molar-refractivity contribution in [3.05, 3.63) is 23.8 Å². The monoisotopic (exact) mass is 296 g/mol. The standard InChI is InChI=1S/C15H24N2O2S/c1-4-17(5-2)9-10-20-12-7-8-14(16)13(11-12)15(18)19-6-3/h7-8,11H,4-6,9-10,16H2,1-3H3. The molecule has 0 fully saturated rings. The lowest BCUT2D eigenvalue weighted by molar-refractivity contribution is 0.0527. The highest BCUT2D eigenvalue weighted by Crippen LogP contribution is 2.23. The molecule has 0 spiro atoms. The van der Waals surface area contributed by atoms with Gasteiger partial charge in [0.2, 0.25) is 0 Å². The van der Waals surface area contributed by atoms with E-state index in [0.717, 1.165) is 30.3 Å². The van der Waals surface area contributed by atoms with Crippen LogP contribution in [0.3, 0.4) is 0 Å². The topological polar surface area (TPSA) is 55.6 Å². The van der Waals surface area contributed by atoms with E-state index in [0.29, 0.717) is 17.9 Å². The molecule has 0 aliphatic heterocycles. The van der Waals surface area contributed by atoms with Gasteiger partial charge in [0.25, 0.3) is 0 Å². The van der Waals surface area contributed by atoms with E-state index in [1.165, 1.54) is 0 Å². The maximum Gasteiger partial charge on any atom is 0.340 e. The second-order valence-electron chi connectivity index (χ2n) is 4.34. The number of rotatable bonds is 8. The summed E-state index contributed by atoms with van der Waals surface area (Å²) < 4.78 is 5.00. The maximum atomic E-state index is 11.8. The molecule has 0 aliphatic carbocycles. The maximum absolute atomic E-state index is 11.8. The summed E-state index contributed by atoms with van der Waals surface area (Å²) in [5, 5.41) is 0. The highest BCUT2D eigenvalue weighted by molar-refractivity contribution is 7.99. The Hall–Kier alpha value is -1.20.